The van der Waals surface area contributed by atoms with E-state index in [0.29, 0.717) is 10.4 Å². The summed E-state index contributed by atoms with van der Waals surface area (Å²) in [7, 11) is 0. The van der Waals surface area contributed by atoms with E-state index in [9.17, 15) is 8.78 Å². The van der Waals surface area contributed by atoms with Gasteiger partial charge in [-0.3, -0.25) is 0 Å². The maximum Gasteiger partial charge on any atom is 0.172 e. The second-order valence-corrected chi connectivity index (χ2v) is 7.95. The summed E-state index contributed by atoms with van der Waals surface area (Å²) in [5, 5.41) is 0.598. The highest BCUT2D eigenvalue weighted by Gasteiger charge is 2.26. The number of aryl methyl sites for hydroxylation is 1. The molecule has 3 rings (SSSR count). The van der Waals surface area contributed by atoms with Gasteiger partial charge in [-0.1, -0.05) is 31.7 Å². The molecule has 0 N–H and O–H groups in total. The number of piperidine rings is 1. The first kappa shape index (κ1) is 17.1. The predicted molar refractivity (Wildman–Crippen MR) is 92.5 cm³/mol. The molecule has 1 aromatic heterocycles. The fraction of sp³-hybridized carbons (Fsp3) is 0.444. The van der Waals surface area contributed by atoms with E-state index in [2.05, 4.69) is 28.7 Å². The number of hydrogen-bond acceptors (Lipinski definition) is 4. The molecule has 0 spiro atoms. The maximum absolute atomic E-state index is 13.8. The molecule has 0 bridgehead atoms. The molecule has 6 heteroatoms. The number of anilines is 1. The van der Waals surface area contributed by atoms with E-state index < -0.39 is 11.6 Å². The van der Waals surface area contributed by atoms with Crippen LogP contribution in [0.15, 0.2) is 34.3 Å². The minimum absolute atomic E-state index is 0.222. The minimum atomic E-state index is -0.849. The van der Waals surface area contributed by atoms with Crippen LogP contribution in [0.2, 0.25) is 0 Å². The molecule has 0 radical (unpaired) electrons. The average molecular weight is 349 g/mol. The van der Waals surface area contributed by atoms with Gasteiger partial charge in [0.05, 0.1) is 16.8 Å². The Kier molecular flexibility index (Phi) is 4.76. The van der Waals surface area contributed by atoms with Crippen molar-refractivity contribution in [2.75, 3.05) is 18.0 Å². The SMILES string of the molecule is Cc1nc(N2CCC(C)(C)CC2)cnc1Sc1cccc(F)c1F. The van der Waals surface area contributed by atoms with Gasteiger partial charge in [0.1, 0.15) is 10.8 Å². The van der Waals surface area contributed by atoms with E-state index in [1.165, 1.54) is 6.07 Å². The fourth-order valence-electron chi connectivity index (χ4n) is 2.72. The maximum atomic E-state index is 13.8. The Bertz CT molecular complexity index is 739. The molecule has 1 saturated heterocycles. The van der Waals surface area contributed by atoms with Gasteiger partial charge in [-0.15, -0.1) is 0 Å². The molecular weight excluding hydrogens is 328 g/mol. The molecule has 2 aromatic rings. The van der Waals surface area contributed by atoms with Crippen molar-refractivity contribution in [2.24, 2.45) is 5.41 Å². The Morgan fingerprint density at radius 1 is 1.17 bits per heavy atom. The van der Waals surface area contributed by atoms with Crippen LogP contribution in [-0.2, 0) is 0 Å². The van der Waals surface area contributed by atoms with Gasteiger partial charge in [0.15, 0.2) is 11.6 Å². The molecule has 0 saturated carbocycles. The van der Waals surface area contributed by atoms with E-state index >= 15 is 0 Å². The van der Waals surface area contributed by atoms with E-state index in [4.69, 9.17) is 0 Å². The fourth-order valence-corrected chi connectivity index (χ4v) is 3.56. The van der Waals surface area contributed by atoms with Gasteiger partial charge >= 0.3 is 0 Å². The Hall–Kier alpha value is -1.69. The van der Waals surface area contributed by atoms with Crippen LogP contribution in [-0.4, -0.2) is 23.1 Å². The van der Waals surface area contributed by atoms with Crippen LogP contribution in [0.4, 0.5) is 14.6 Å². The zero-order valence-electron chi connectivity index (χ0n) is 14.1. The largest absolute Gasteiger partial charge is 0.355 e. The Labute approximate surface area is 145 Å². The normalized spacial score (nSPS) is 17.1. The van der Waals surface area contributed by atoms with E-state index in [1.54, 1.807) is 12.3 Å². The second-order valence-electron chi connectivity index (χ2n) is 6.92. The summed E-state index contributed by atoms with van der Waals surface area (Å²) in [4.78, 5) is 11.5. The number of hydrogen-bond donors (Lipinski definition) is 0. The second kappa shape index (κ2) is 6.67. The molecule has 1 aliphatic rings. The third-order valence-corrected chi connectivity index (χ3v) is 5.58. The predicted octanol–water partition coefficient (Wildman–Crippen LogP) is 4.84. The summed E-state index contributed by atoms with van der Waals surface area (Å²) in [5.41, 5.74) is 1.11. The minimum Gasteiger partial charge on any atom is -0.355 e. The summed E-state index contributed by atoms with van der Waals surface area (Å²) in [5.74, 6) is -0.837. The molecule has 128 valence electrons. The molecule has 0 unspecified atom stereocenters. The smallest absolute Gasteiger partial charge is 0.172 e. The number of halogens is 2. The van der Waals surface area contributed by atoms with Gasteiger partial charge in [0, 0.05) is 13.1 Å². The van der Waals surface area contributed by atoms with Gasteiger partial charge in [0.25, 0.3) is 0 Å². The third-order valence-electron chi connectivity index (χ3n) is 4.45. The number of benzene rings is 1. The van der Waals surface area contributed by atoms with Crippen LogP contribution in [0.25, 0.3) is 0 Å². The van der Waals surface area contributed by atoms with Crippen molar-refractivity contribution in [3.8, 4) is 0 Å². The van der Waals surface area contributed by atoms with Gasteiger partial charge in [0.2, 0.25) is 0 Å². The molecule has 3 nitrogen and oxygen atoms in total. The highest BCUT2D eigenvalue weighted by Crippen LogP contribution is 2.34. The summed E-state index contributed by atoms with van der Waals surface area (Å²) >= 11 is 1.10. The lowest BCUT2D eigenvalue weighted by Crippen LogP contribution is -2.37. The lowest BCUT2D eigenvalue weighted by molar-refractivity contribution is 0.279. The number of aromatic nitrogens is 2. The first-order valence-corrected chi connectivity index (χ1v) is 8.88. The van der Waals surface area contributed by atoms with Crippen LogP contribution in [0.1, 0.15) is 32.4 Å². The highest BCUT2D eigenvalue weighted by molar-refractivity contribution is 7.99. The average Bonchev–Trinajstić information content (AvgIpc) is 2.53. The summed E-state index contributed by atoms with van der Waals surface area (Å²) in [6.45, 7) is 8.35. The molecule has 1 aromatic carbocycles. The lowest BCUT2D eigenvalue weighted by atomic mass is 9.83. The monoisotopic (exact) mass is 349 g/mol. The van der Waals surface area contributed by atoms with Crippen molar-refractivity contribution in [3.05, 3.63) is 41.7 Å². The molecule has 1 fully saturated rings. The molecule has 2 heterocycles. The quantitative estimate of drug-likeness (QED) is 0.793. The van der Waals surface area contributed by atoms with Crippen molar-refractivity contribution in [1.82, 2.24) is 9.97 Å². The van der Waals surface area contributed by atoms with Gasteiger partial charge < -0.3 is 4.90 Å². The number of nitrogens with zero attached hydrogens (tertiary/aromatic N) is 3. The molecule has 0 aliphatic carbocycles. The zero-order valence-corrected chi connectivity index (χ0v) is 15.0. The van der Waals surface area contributed by atoms with Gasteiger partial charge in [-0.2, -0.15) is 0 Å². The van der Waals surface area contributed by atoms with E-state index in [-0.39, 0.29) is 4.90 Å². The van der Waals surface area contributed by atoms with Crippen molar-refractivity contribution >= 4 is 17.6 Å². The summed E-state index contributed by atoms with van der Waals surface area (Å²) < 4.78 is 27.1. The van der Waals surface area contributed by atoms with Crippen molar-refractivity contribution in [2.45, 2.75) is 43.5 Å². The topological polar surface area (TPSA) is 29.0 Å². The Morgan fingerprint density at radius 3 is 2.54 bits per heavy atom. The Morgan fingerprint density at radius 2 is 1.88 bits per heavy atom. The Balaban J connectivity index is 1.77. The molecular formula is C18H21F2N3S. The summed E-state index contributed by atoms with van der Waals surface area (Å²) in [6.07, 6.45) is 3.97. The van der Waals surface area contributed by atoms with Crippen LogP contribution in [0, 0.1) is 24.0 Å². The van der Waals surface area contributed by atoms with Crippen LogP contribution < -0.4 is 4.90 Å². The van der Waals surface area contributed by atoms with E-state index in [1.807, 2.05) is 6.92 Å². The molecule has 1 aliphatic heterocycles. The first-order valence-electron chi connectivity index (χ1n) is 8.06. The molecule has 24 heavy (non-hydrogen) atoms. The third kappa shape index (κ3) is 3.69. The van der Waals surface area contributed by atoms with Crippen molar-refractivity contribution < 1.29 is 8.78 Å². The molecule has 0 amide bonds. The standard InChI is InChI=1S/C18H21F2N3S/c1-12-17(24-14-6-4-5-13(19)16(14)20)21-11-15(22-12)23-9-7-18(2,3)8-10-23/h4-6,11H,7-10H2,1-3H3. The highest BCUT2D eigenvalue weighted by atomic mass is 32.2. The first-order chi connectivity index (χ1) is 11.4. The van der Waals surface area contributed by atoms with Gasteiger partial charge in [-0.25, -0.2) is 18.7 Å². The summed E-state index contributed by atoms with van der Waals surface area (Å²) in [6, 6.07) is 4.15. The van der Waals surface area contributed by atoms with Crippen LogP contribution >= 0.6 is 11.8 Å². The van der Waals surface area contributed by atoms with Crippen LogP contribution in [0.5, 0.6) is 0 Å². The van der Waals surface area contributed by atoms with Crippen molar-refractivity contribution in [1.29, 1.82) is 0 Å². The van der Waals surface area contributed by atoms with Crippen molar-refractivity contribution in [3.63, 3.8) is 0 Å². The zero-order chi connectivity index (χ0) is 17.3. The van der Waals surface area contributed by atoms with E-state index in [0.717, 1.165) is 55.3 Å². The molecule has 0 atom stereocenters. The van der Waals surface area contributed by atoms with Gasteiger partial charge in [-0.05, 0) is 37.3 Å². The lowest BCUT2D eigenvalue weighted by Gasteiger charge is -2.37. The van der Waals surface area contributed by atoms with Crippen LogP contribution in [0.3, 0.4) is 0 Å². The number of rotatable bonds is 3.